The first-order valence-electron chi connectivity index (χ1n) is 3.33. The van der Waals surface area contributed by atoms with Crippen molar-refractivity contribution in [3.8, 4) is 5.75 Å². The van der Waals surface area contributed by atoms with E-state index in [-0.39, 0.29) is 0 Å². The van der Waals surface area contributed by atoms with Crippen LogP contribution in [0.2, 0.25) is 0 Å². The second-order valence-electron chi connectivity index (χ2n) is 2.52. The van der Waals surface area contributed by atoms with Gasteiger partial charge in [0.25, 0.3) is 0 Å². The third-order valence-corrected chi connectivity index (χ3v) is 1.97. The molecule has 0 saturated carbocycles. The average molecular weight is 139 g/mol. The van der Waals surface area contributed by atoms with Crippen LogP contribution in [0.15, 0.2) is 6.20 Å². The van der Waals surface area contributed by atoms with Crippen LogP contribution < -0.4 is 4.74 Å². The number of nitrogens with zero attached hydrogens (tertiary/aromatic N) is 1. The van der Waals surface area contributed by atoms with Gasteiger partial charge in [-0.25, -0.2) is 0 Å². The quantitative estimate of drug-likeness (QED) is 0.577. The summed E-state index contributed by atoms with van der Waals surface area (Å²) in [5.74, 6) is 0.972. The number of ether oxygens (including phenoxy) is 1. The van der Waals surface area contributed by atoms with Crippen LogP contribution in [0.25, 0.3) is 0 Å². The third-order valence-electron chi connectivity index (χ3n) is 1.97. The molecule has 2 heteroatoms. The SMILES string of the molecule is COc1cn(C)c(C)c1C. The average Bonchev–Trinajstić information content (AvgIpc) is 2.17. The molecule has 0 unspecified atom stereocenters. The van der Waals surface area contributed by atoms with E-state index in [4.69, 9.17) is 4.74 Å². The van der Waals surface area contributed by atoms with Gasteiger partial charge >= 0.3 is 0 Å². The summed E-state index contributed by atoms with van der Waals surface area (Å²) in [6.07, 6.45) is 1.99. The fourth-order valence-electron chi connectivity index (χ4n) is 1.02. The molecule has 0 radical (unpaired) electrons. The summed E-state index contributed by atoms with van der Waals surface area (Å²) in [6.45, 7) is 4.14. The molecule has 10 heavy (non-hydrogen) atoms. The predicted molar refractivity (Wildman–Crippen MR) is 41.4 cm³/mol. The van der Waals surface area contributed by atoms with Crippen molar-refractivity contribution in [1.29, 1.82) is 0 Å². The molecule has 2 nitrogen and oxygen atoms in total. The number of hydrogen-bond acceptors (Lipinski definition) is 1. The van der Waals surface area contributed by atoms with E-state index in [0.717, 1.165) is 5.75 Å². The highest BCUT2D eigenvalue weighted by atomic mass is 16.5. The molecule has 0 aliphatic carbocycles. The predicted octanol–water partition coefficient (Wildman–Crippen LogP) is 1.65. The topological polar surface area (TPSA) is 14.2 Å². The summed E-state index contributed by atoms with van der Waals surface area (Å²) < 4.78 is 7.19. The Morgan fingerprint density at radius 2 is 2.00 bits per heavy atom. The molecule has 1 aromatic heterocycles. The lowest BCUT2D eigenvalue weighted by atomic mass is 10.3. The van der Waals surface area contributed by atoms with E-state index in [0.29, 0.717) is 0 Å². The first-order chi connectivity index (χ1) is 4.66. The molecule has 1 heterocycles. The van der Waals surface area contributed by atoms with Gasteiger partial charge in [0.2, 0.25) is 0 Å². The van der Waals surface area contributed by atoms with Gasteiger partial charge in [-0.05, 0) is 13.8 Å². The number of methoxy groups -OCH3 is 1. The largest absolute Gasteiger partial charge is 0.495 e. The maximum atomic E-state index is 5.13. The lowest BCUT2D eigenvalue weighted by molar-refractivity contribution is 0.411. The number of aromatic nitrogens is 1. The fraction of sp³-hybridized carbons (Fsp3) is 0.500. The molecule has 1 aromatic rings. The van der Waals surface area contributed by atoms with Gasteiger partial charge in [-0.15, -0.1) is 0 Å². The van der Waals surface area contributed by atoms with E-state index < -0.39 is 0 Å². The van der Waals surface area contributed by atoms with Gasteiger partial charge in [-0.1, -0.05) is 0 Å². The number of rotatable bonds is 1. The van der Waals surface area contributed by atoms with E-state index in [1.165, 1.54) is 11.3 Å². The van der Waals surface area contributed by atoms with E-state index in [1.807, 2.05) is 13.2 Å². The van der Waals surface area contributed by atoms with Gasteiger partial charge in [0, 0.05) is 24.5 Å². The van der Waals surface area contributed by atoms with Crippen molar-refractivity contribution in [2.75, 3.05) is 7.11 Å². The van der Waals surface area contributed by atoms with Gasteiger partial charge in [0.1, 0.15) is 5.75 Å². The van der Waals surface area contributed by atoms with Gasteiger partial charge in [-0.3, -0.25) is 0 Å². The summed E-state index contributed by atoms with van der Waals surface area (Å²) >= 11 is 0. The molecule has 0 aromatic carbocycles. The molecule has 0 N–H and O–H groups in total. The van der Waals surface area contributed by atoms with E-state index in [2.05, 4.69) is 18.4 Å². The van der Waals surface area contributed by atoms with Gasteiger partial charge in [0.15, 0.2) is 0 Å². The molecule has 0 bridgehead atoms. The molecule has 0 saturated heterocycles. The van der Waals surface area contributed by atoms with Gasteiger partial charge in [-0.2, -0.15) is 0 Å². The highest BCUT2D eigenvalue weighted by Crippen LogP contribution is 2.21. The minimum Gasteiger partial charge on any atom is -0.495 e. The van der Waals surface area contributed by atoms with Crippen LogP contribution in [0.5, 0.6) is 5.75 Å². The zero-order valence-electron chi connectivity index (χ0n) is 6.93. The van der Waals surface area contributed by atoms with Crippen LogP contribution >= 0.6 is 0 Å². The van der Waals surface area contributed by atoms with Crippen LogP contribution in [0.3, 0.4) is 0 Å². The summed E-state index contributed by atoms with van der Waals surface area (Å²) in [5, 5.41) is 0. The van der Waals surface area contributed by atoms with Crippen LogP contribution in [-0.2, 0) is 7.05 Å². The Hall–Kier alpha value is -0.920. The van der Waals surface area contributed by atoms with Crippen molar-refractivity contribution in [3.05, 3.63) is 17.5 Å². The Balaban J connectivity index is 3.17. The maximum Gasteiger partial charge on any atom is 0.139 e. The molecule has 0 amide bonds. The standard InChI is InChI=1S/C8H13NO/c1-6-7(2)9(3)5-8(6)10-4/h5H,1-4H3. The normalized spacial score (nSPS) is 10.0. The molecular weight excluding hydrogens is 126 g/mol. The summed E-state index contributed by atoms with van der Waals surface area (Å²) in [6, 6.07) is 0. The minimum absolute atomic E-state index is 0.972. The molecule has 0 aliphatic rings. The molecule has 0 atom stereocenters. The monoisotopic (exact) mass is 139 g/mol. The van der Waals surface area contributed by atoms with E-state index in [9.17, 15) is 0 Å². The zero-order chi connectivity index (χ0) is 7.72. The van der Waals surface area contributed by atoms with Crippen LogP contribution in [-0.4, -0.2) is 11.7 Å². The molecule has 1 rings (SSSR count). The van der Waals surface area contributed by atoms with Crippen molar-refractivity contribution < 1.29 is 4.74 Å². The highest BCUT2D eigenvalue weighted by Gasteiger charge is 2.04. The summed E-state index contributed by atoms with van der Waals surface area (Å²) in [4.78, 5) is 0. The lowest BCUT2D eigenvalue weighted by Gasteiger charge is -1.95. The number of aryl methyl sites for hydroxylation is 1. The Labute approximate surface area is 61.4 Å². The van der Waals surface area contributed by atoms with Crippen molar-refractivity contribution >= 4 is 0 Å². The van der Waals surface area contributed by atoms with Gasteiger partial charge < -0.3 is 9.30 Å². The molecular formula is C8H13NO. The number of hydrogen-bond donors (Lipinski definition) is 0. The zero-order valence-corrected chi connectivity index (χ0v) is 6.93. The molecule has 0 fully saturated rings. The highest BCUT2D eigenvalue weighted by molar-refractivity contribution is 5.35. The van der Waals surface area contributed by atoms with Gasteiger partial charge in [0.05, 0.1) is 7.11 Å². The molecule has 0 aliphatic heterocycles. The second-order valence-corrected chi connectivity index (χ2v) is 2.52. The third kappa shape index (κ3) is 0.897. The first-order valence-corrected chi connectivity index (χ1v) is 3.33. The summed E-state index contributed by atoms with van der Waals surface area (Å²) in [7, 11) is 3.71. The van der Waals surface area contributed by atoms with Crippen molar-refractivity contribution in [3.63, 3.8) is 0 Å². The smallest absolute Gasteiger partial charge is 0.139 e. The molecule has 0 spiro atoms. The Morgan fingerprint density at radius 1 is 1.40 bits per heavy atom. The maximum absolute atomic E-state index is 5.13. The Kier molecular flexibility index (Phi) is 1.70. The lowest BCUT2D eigenvalue weighted by Crippen LogP contribution is -1.87. The van der Waals surface area contributed by atoms with Crippen LogP contribution in [0.4, 0.5) is 0 Å². The fourth-order valence-corrected chi connectivity index (χ4v) is 1.02. The van der Waals surface area contributed by atoms with Crippen molar-refractivity contribution in [2.24, 2.45) is 7.05 Å². The van der Waals surface area contributed by atoms with E-state index in [1.54, 1.807) is 7.11 Å². The first kappa shape index (κ1) is 7.19. The van der Waals surface area contributed by atoms with Crippen LogP contribution in [0, 0.1) is 13.8 Å². The van der Waals surface area contributed by atoms with Crippen molar-refractivity contribution in [1.82, 2.24) is 4.57 Å². The Bertz CT molecular complexity index is 238. The minimum atomic E-state index is 0.972. The second kappa shape index (κ2) is 2.37. The summed E-state index contributed by atoms with van der Waals surface area (Å²) in [5.41, 5.74) is 2.49. The van der Waals surface area contributed by atoms with Crippen molar-refractivity contribution in [2.45, 2.75) is 13.8 Å². The Morgan fingerprint density at radius 3 is 2.20 bits per heavy atom. The van der Waals surface area contributed by atoms with E-state index >= 15 is 0 Å². The van der Waals surface area contributed by atoms with Crippen LogP contribution in [0.1, 0.15) is 11.3 Å². The molecule has 56 valence electrons.